The maximum atomic E-state index is 12.9. The Bertz CT molecular complexity index is 889. The molecule has 0 atom stereocenters. The zero-order valence-electron chi connectivity index (χ0n) is 14.6. The third-order valence-electron chi connectivity index (χ3n) is 4.49. The number of hydrogen-bond donors (Lipinski definition) is 0. The van der Waals surface area contributed by atoms with Gasteiger partial charge in [0.05, 0.1) is 11.3 Å². The van der Waals surface area contributed by atoms with Crippen molar-refractivity contribution in [1.82, 2.24) is 9.21 Å². The first kappa shape index (κ1) is 18.5. The minimum atomic E-state index is -3.54. The topological polar surface area (TPSA) is 57.7 Å². The van der Waals surface area contributed by atoms with Gasteiger partial charge in [-0.3, -0.25) is 4.79 Å². The summed E-state index contributed by atoms with van der Waals surface area (Å²) in [4.78, 5) is 14.3. The van der Waals surface area contributed by atoms with E-state index in [0.717, 1.165) is 11.1 Å². The van der Waals surface area contributed by atoms with Crippen molar-refractivity contribution in [2.75, 3.05) is 26.2 Å². The van der Waals surface area contributed by atoms with E-state index < -0.39 is 10.0 Å². The van der Waals surface area contributed by atoms with Gasteiger partial charge < -0.3 is 4.90 Å². The quantitative estimate of drug-likeness (QED) is 0.822. The zero-order chi connectivity index (χ0) is 18.7. The van der Waals surface area contributed by atoms with Crippen molar-refractivity contribution in [3.8, 4) is 0 Å². The second-order valence-corrected chi connectivity index (χ2v) is 8.34. The molecule has 0 spiro atoms. The third kappa shape index (κ3) is 4.11. The number of carbonyl (C=O) groups is 1. The predicted molar refractivity (Wildman–Crippen MR) is 96.6 cm³/mol. The molecule has 0 saturated carbocycles. The summed E-state index contributed by atoms with van der Waals surface area (Å²) in [5, 5.41) is 0. The van der Waals surface area contributed by atoms with Gasteiger partial charge in [-0.1, -0.05) is 24.3 Å². The third-order valence-corrected chi connectivity index (χ3v) is 6.38. The molecule has 0 N–H and O–H groups in total. The van der Waals surface area contributed by atoms with Crippen LogP contribution in [0.2, 0.25) is 0 Å². The normalized spacial score (nSPS) is 15.8. The fourth-order valence-corrected chi connectivity index (χ4v) is 4.52. The first-order valence-corrected chi connectivity index (χ1v) is 9.89. The Morgan fingerprint density at radius 3 is 2.31 bits per heavy atom. The number of sulfonamides is 1. The molecule has 5 nitrogen and oxygen atoms in total. The predicted octanol–water partition coefficient (Wildman–Crippen LogP) is 2.21. The molecule has 0 aliphatic carbocycles. The molecule has 1 aliphatic heterocycles. The van der Waals surface area contributed by atoms with E-state index in [-0.39, 0.29) is 36.1 Å². The van der Waals surface area contributed by atoms with Crippen LogP contribution < -0.4 is 0 Å². The first-order valence-electron chi connectivity index (χ1n) is 8.45. The molecule has 7 heteroatoms. The van der Waals surface area contributed by atoms with Crippen LogP contribution in [0.25, 0.3) is 0 Å². The molecule has 1 fully saturated rings. The minimum absolute atomic E-state index is 0.0794. The molecule has 0 bridgehead atoms. The lowest BCUT2D eigenvalue weighted by atomic mass is 10.1. The summed E-state index contributed by atoms with van der Waals surface area (Å²) in [6.45, 7) is 3.10. The van der Waals surface area contributed by atoms with Gasteiger partial charge in [0.15, 0.2) is 0 Å². The Morgan fingerprint density at radius 2 is 1.69 bits per heavy atom. The highest BCUT2D eigenvalue weighted by molar-refractivity contribution is 7.89. The van der Waals surface area contributed by atoms with Gasteiger partial charge in [-0.25, -0.2) is 12.8 Å². The van der Waals surface area contributed by atoms with E-state index in [0.29, 0.717) is 13.1 Å². The molecule has 138 valence electrons. The van der Waals surface area contributed by atoms with Crippen molar-refractivity contribution in [3.63, 3.8) is 0 Å². The summed E-state index contributed by atoms with van der Waals surface area (Å²) in [6.07, 6.45) is 0.185. The summed E-state index contributed by atoms with van der Waals surface area (Å²) in [6, 6.07) is 12.7. The van der Waals surface area contributed by atoms with Crippen molar-refractivity contribution in [2.24, 2.45) is 0 Å². The molecular formula is C19H21FN2O3S. The number of nitrogens with zero attached hydrogens (tertiary/aromatic N) is 2. The number of piperazine rings is 1. The average Bonchev–Trinajstić information content (AvgIpc) is 2.64. The van der Waals surface area contributed by atoms with Crippen molar-refractivity contribution >= 4 is 15.9 Å². The molecule has 1 saturated heterocycles. The fourth-order valence-electron chi connectivity index (χ4n) is 2.99. The van der Waals surface area contributed by atoms with E-state index in [1.54, 1.807) is 35.2 Å². The average molecular weight is 376 g/mol. The van der Waals surface area contributed by atoms with Crippen LogP contribution in [0.3, 0.4) is 0 Å². The molecule has 1 amide bonds. The summed E-state index contributed by atoms with van der Waals surface area (Å²) < 4.78 is 39.8. The number of benzene rings is 2. The Hall–Kier alpha value is -2.25. The van der Waals surface area contributed by atoms with E-state index in [2.05, 4.69) is 0 Å². The van der Waals surface area contributed by atoms with Gasteiger partial charge >= 0.3 is 0 Å². The number of hydrogen-bond acceptors (Lipinski definition) is 3. The summed E-state index contributed by atoms with van der Waals surface area (Å²) in [7, 11) is -3.54. The second-order valence-electron chi connectivity index (χ2n) is 6.40. The van der Waals surface area contributed by atoms with Gasteiger partial charge in [0.2, 0.25) is 15.9 Å². The molecule has 0 aromatic heterocycles. The Labute approximate surface area is 153 Å². The SMILES string of the molecule is Cc1cccc(S(=O)(=O)N2CCN(C(=O)Cc3ccc(F)cc3)CC2)c1. The lowest BCUT2D eigenvalue weighted by molar-refractivity contribution is -0.131. The number of amides is 1. The largest absolute Gasteiger partial charge is 0.340 e. The van der Waals surface area contributed by atoms with Crippen LogP contribution in [0.1, 0.15) is 11.1 Å². The standard InChI is InChI=1S/C19H21FN2O3S/c1-15-3-2-4-18(13-15)26(24,25)22-11-9-21(10-12-22)19(23)14-16-5-7-17(20)8-6-16/h2-8,13H,9-12,14H2,1H3. The maximum Gasteiger partial charge on any atom is 0.243 e. The van der Waals surface area contributed by atoms with Crippen molar-refractivity contribution in [2.45, 2.75) is 18.2 Å². The molecular weight excluding hydrogens is 355 g/mol. The fraction of sp³-hybridized carbons (Fsp3) is 0.316. The van der Waals surface area contributed by atoms with Gasteiger partial charge in [0.25, 0.3) is 0 Å². The maximum absolute atomic E-state index is 12.9. The molecule has 1 heterocycles. The lowest BCUT2D eigenvalue weighted by Crippen LogP contribution is -2.50. The number of aryl methyl sites for hydroxylation is 1. The monoisotopic (exact) mass is 376 g/mol. The molecule has 26 heavy (non-hydrogen) atoms. The van der Waals surface area contributed by atoms with Gasteiger partial charge in [-0.05, 0) is 42.3 Å². The lowest BCUT2D eigenvalue weighted by Gasteiger charge is -2.34. The van der Waals surface area contributed by atoms with Crippen LogP contribution in [-0.4, -0.2) is 49.7 Å². The van der Waals surface area contributed by atoms with E-state index in [1.165, 1.54) is 16.4 Å². The van der Waals surface area contributed by atoms with Crippen LogP contribution in [0.4, 0.5) is 4.39 Å². The van der Waals surface area contributed by atoms with Gasteiger partial charge in [0.1, 0.15) is 5.82 Å². The van der Waals surface area contributed by atoms with Crippen molar-refractivity contribution in [3.05, 3.63) is 65.5 Å². The van der Waals surface area contributed by atoms with E-state index >= 15 is 0 Å². The minimum Gasteiger partial charge on any atom is -0.340 e. The smallest absolute Gasteiger partial charge is 0.243 e. The molecule has 2 aromatic rings. The number of carbonyl (C=O) groups excluding carboxylic acids is 1. The van der Waals surface area contributed by atoms with Crippen LogP contribution in [0.5, 0.6) is 0 Å². The zero-order valence-corrected chi connectivity index (χ0v) is 15.4. The molecule has 0 radical (unpaired) electrons. The van der Waals surface area contributed by atoms with Gasteiger partial charge in [0, 0.05) is 26.2 Å². The number of rotatable bonds is 4. The summed E-state index contributed by atoms with van der Waals surface area (Å²) in [5.41, 5.74) is 1.63. The Balaban J connectivity index is 1.61. The number of halogens is 1. The highest BCUT2D eigenvalue weighted by Gasteiger charge is 2.30. The van der Waals surface area contributed by atoms with E-state index in [1.807, 2.05) is 13.0 Å². The highest BCUT2D eigenvalue weighted by Crippen LogP contribution is 2.19. The van der Waals surface area contributed by atoms with Crippen LogP contribution in [0.15, 0.2) is 53.4 Å². The van der Waals surface area contributed by atoms with Crippen LogP contribution in [-0.2, 0) is 21.2 Å². The Kier molecular flexibility index (Phi) is 5.38. The van der Waals surface area contributed by atoms with Gasteiger partial charge in [-0.2, -0.15) is 4.31 Å². The Morgan fingerprint density at radius 1 is 1.04 bits per heavy atom. The summed E-state index contributed by atoms with van der Waals surface area (Å²) in [5.74, 6) is -0.416. The molecule has 2 aromatic carbocycles. The first-order chi connectivity index (χ1) is 12.4. The molecule has 3 rings (SSSR count). The summed E-state index contributed by atoms with van der Waals surface area (Å²) >= 11 is 0. The highest BCUT2D eigenvalue weighted by atomic mass is 32.2. The van der Waals surface area contributed by atoms with Gasteiger partial charge in [-0.15, -0.1) is 0 Å². The van der Waals surface area contributed by atoms with Crippen molar-refractivity contribution in [1.29, 1.82) is 0 Å². The van der Waals surface area contributed by atoms with Crippen molar-refractivity contribution < 1.29 is 17.6 Å². The van der Waals surface area contributed by atoms with Crippen LogP contribution in [0, 0.1) is 12.7 Å². The van der Waals surface area contributed by atoms with Crippen LogP contribution >= 0.6 is 0 Å². The van der Waals surface area contributed by atoms with E-state index in [4.69, 9.17) is 0 Å². The molecule has 1 aliphatic rings. The second kappa shape index (κ2) is 7.55. The molecule has 0 unspecified atom stereocenters. The van der Waals surface area contributed by atoms with E-state index in [9.17, 15) is 17.6 Å².